The maximum Gasteiger partial charge on any atom is 0.303 e. The van der Waals surface area contributed by atoms with Crippen LogP contribution in [0.5, 0.6) is 0 Å². The van der Waals surface area contributed by atoms with E-state index in [1.54, 1.807) is 0 Å². The van der Waals surface area contributed by atoms with Gasteiger partial charge in [-0.15, -0.1) is 0 Å². The first-order chi connectivity index (χ1) is 10.2. The van der Waals surface area contributed by atoms with Crippen molar-refractivity contribution in [2.75, 3.05) is 6.54 Å². The Labute approximate surface area is 126 Å². The molecule has 114 valence electrons. The Bertz CT molecular complexity index is 506. The third-order valence-corrected chi connectivity index (χ3v) is 5.16. The molecule has 1 aromatic rings. The number of carboxylic acid groups (broad SMARTS) is 1. The molecular formula is C18H25NO2. The van der Waals surface area contributed by atoms with Gasteiger partial charge in [0.2, 0.25) is 0 Å². The molecule has 1 atom stereocenters. The normalized spacial score (nSPS) is 20.8. The second-order valence-corrected chi connectivity index (χ2v) is 6.56. The summed E-state index contributed by atoms with van der Waals surface area (Å²) in [5.74, 6) is 0.0857. The monoisotopic (exact) mass is 287 g/mol. The van der Waals surface area contributed by atoms with Crippen LogP contribution < -0.4 is 5.32 Å². The molecule has 1 aliphatic heterocycles. The lowest BCUT2D eigenvalue weighted by Crippen LogP contribution is -2.24. The SMILES string of the molecule is O=C(O)CC(c1ccc2c(c1)CCNC2)C1CCCCC1. The maximum atomic E-state index is 11.3. The fourth-order valence-electron chi connectivity index (χ4n) is 4.01. The topological polar surface area (TPSA) is 49.3 Å². The molecule has 2 aliphatic rings. The first-order valence-corrected chi connectivity index (χ1v) is 8.28. The van der Waals surface area contributed by atoms with Gasteiger partial charge in [0, 0.05) is 6.54 Å². The fraction of sp³-hybridized carbons (Fsp3) is 0.611. The summed E-state index contributed by atoms with van der Waals surface area (Å²) in [5.41, 5.74) is 4.05. The van der Waals surface area contributed by atoms with E-state index in [1.807, 2.05) is 0 Å². The standard InChI is InChI=1S/C18H25NO2/c20-18(21)11-17(13-4-2-1-3-5-13)15-6-7-16-12-19-9-8-14(16)10-15/h6-7,10,13,17,19H,1-5,8-9,11-12H2,(H,20,21). The quantitative estimate of drug-likeness (QED) is 0.891. The van der Waals surface area contributed by atoms with Crippen molar-refractivity contribution in [2.45, 2.75) is 57.4 Å². The molecule has 0 saturated heterocycles. The lowest BCUT2D eigenvalue weighted by molar-refractivity contribution is -0.137. The summed E-state index contributed by atoms with van der Waals surface area (Å²) in [6.07, 6.45) is 7.56. The number of fused-ring (bicyclic) bond motifs is 1. The van der Waals surface area contributed by atoms with Crippen molar-refractivity contribution in [1.29, 1.82) is 0 Å². The molecule has 3 nitrogen and oxygen atoms in total. The van der Waals surface area contributed by atoms with E-state index in [9.17, 15) is 9.90 Å². The van der Waals surface area contributed by atoms with E-state index in [4.69, 9.17) is 0 Å². The number of aliphatic carboxylic acids is 1. The average molecular weight is 287 g/mol. The molecule has 0 bridgehead atoms. The molecule has 1 aromatic carbocycles. The van der Waals surface area contributed by atoms with E-state index in [-0.39, 0.29) is 12.3 Å². The van der Waals surface area contributed by atoms with Crippen LogP contribution in [0.4, 0.5) is 0 Å². The molecule has 2 N–H and O–H groups in total. The highest BCUT2D eigenvalue weighted by molar-refractivity contribution is 5.68. The summed E-state index contributed by atoms with van der Waals surface area (Å²) in [6.45, 7) is 1.98. The summed E-state index contributed by atoms with van der Waals surface area (Å²) in [5, 5.41) is 12.7. The minimum absolute atomic E-state index is 0.197. The second kappa shape index (κ2) is 6.61. The molecule has 1 fully saturated rings. The highest BCUT2D eigenvalue weighted by Crippen LogP contribution is 2.38. The molecule has 0 spiro atoms. The van der Waals surface area contributed by atoms with Crippen molar-refractivity contribution in [3.8, 4) is 0 Å². The van der Waals surface area contributed by atoms with Gasteiger partial charge in [-0.25, -0.2) is 0 Å². The van der Waals surface area contributed by atoms with Gasteiger partial charge >= 0.3 is 5.97 Å². The van der Waals surface area contributed by atoms with Crippen LogP contribution >= 0.6 is 0 Å². The molecule has 1 aliphatic carbocycles. The van der Waals surface area contributed by atoms with Crippen LogP contribution in [0.1, 0.15) is 61.1 Å². The summed E-state index contributed by atoms with van der Waals surface area (Å²) in [7, 11) is 0. The lowest BCUT2D eigenvalue weighted by Gasteiger charge is -2.30. The van der Waals surface area contributed by atoms with E-state index in [0.29, 0.717) is 5.92 Å². The molecule has 1 saturated carbocycles. The van der Waals surface area contributed by atoms with Gasteiger partial charge < -0.3 is 10.4 Å². The third kappa shape index (κ3) is 3.46. The number of hydrogen-bond donors (Lipinski definition) is 2. The third-order valence-electron chi connectivity index (χ3n) is 5.16. The second-order valence-electron chi connectivity index (χ2n) is 6.56. The van der Waals surface area contributed by atoms with Crippen molar-refractivity contribution in [1.82, 2.24) is 5.32 Å². The smallest absolute Gasteiger partial charge is 0.303 e. The van der Waals surface area contributed by atoms with Gasteiger partial charge in [0.25, 0.3) is 0 Å². The van der Waals surface area contributed by atoms with Crippen molar-refractivity contribution in [2.24, 2.45) is 5.92 Å². The highest BCUT2D eigenvalue weighted by atomic mass is 16.4. The zero-order chi connectivity index (χ0) is 14.7. The van der Waals surface area contributed by atoms with Crippen LogP contribution in [0.2, 0.25) is 0 Å². The first kappa shape index (κ1) is 14.6. The number of benzene rings is 1. The Morgan fingerprint density at radius 1 is 1.24 bits per heavy atom. The van der Waals surface area contributed by atoms with Crippen molar-refractivity contribution < 1.29 is 9.90 Å². The van der Waals surface area contributed by atoms with Crippen LogP contribution in [0.15, 0.2) is 18.2 Å². The van der Waals surface area contributed by atoms with Gasteiger partial charge in [0.1, 0.15) is 0 Å². The molecule has 0 radical (unpaired) electrons. The van der Waals surface area contributed by atoms with Gasteiger partial charge in [0.15, 0.2) is 0 Å². The summed E-state index contributed by atoms with van der Waals surface area (Å²) < 4.78 is 0. The van der Waals surface area contributed by atoms with E-state index < -0.39 is 5.97 Å². The lowest BCUT2D eigenvalue weighted by atomic mass is 9.74. The zero-order valence-corrected chi connectivity index (χ0v) is 12.6. The summed E-state index contributed by atoms with van der Waals surface area (Å²) in [6, 6.07) is 6.67. The van der Waals surface area contributed by atoms with Crippen LogP contribution in [-0.4, -0.2) is 17.6 Å². The van der Waals surface area contributed by atoms with Gasteiger partial charge in [-0.1, -0.05) is 37.5 Å². The first-order valence-electron chi connectivity index (χ1n) is 8.28. The van der Waals surface area contributed by atoms with Crippen molar-refractivity contribution in [3.05, 3.63) is 34.9 Å². The molecule has 0 aromatic heterocycles. The van der Waals surface area contributed by atoms with Gasteiger partial charge in [-0.05, 0) is 54.3 Å². The van der Waals surface area contributed by atoms with Crippen molar-refractivity contribution in [3.63, 3.8) is 0 Å². The Balaban J connectivity index is 1.86. The van der Waals surface area contributed by atoms with E-state index >= 15 is 0 Å². The van der Waals surface area contributed by atoms with E-state index in [2.05, 4.69) is 23.5 Å². The molecule has 3 heteroatoms. The Morgan fingerprint density at radius 3 is 2.81 bits per heavy atom. The van der Waals surface area contributed by atoms with Gasteiger partial charge in [-0.3, -0.25) is 4.79 Å². The van der Waals surface area contributed by atoms with Crippen molar-refractivity contribution >= 4 is 5.97 Å². The van der Waals surface area contributed by atoms with Gasteiger partial charge in [-0.2, -0.15) is 0 Å². The maximum absolute atomic E-state index is 11.3. The van der Waals surface area contributed by atoms with Crippen LogP contribution in [0, 0.1) is 5.92 Å². The Morgan fingerprint density at radius 2 is 2.05 bits per heavy atom. The molecule has 0 amide bonds. The molecule has 21 heavy (non-hydrogen) atoms. The van der Waals surface area contributed by atoms with Crippen LogP contribution in [0.25, 0.3) is 0 Å². The zero-order valence-electron chi connectivity index (χ0n) is 12.6. The van der Waals surface area contributed by atoms with Crippen LogP contribution in [-0.2, 0) is 17.8 Å². The summed E-state index contributed by atoms with van der Waals surface area (Å²) in [4.78, 5) is 11.3. The largest absolute Gasteiger partial charge is 0.481 e. The average Bonchev–Trinajstić information content (AvgIpc) is 2.53. The molecule has 1 unspecified atom stereocenters. The predicted molar refractivity (Wildman–Crippen MR) is 83.4 cm³/mol. The minimum atomic E-state index is -0.662. The minimum Gasteiger partial charge on any atom is -0.481 e. The van der Waals surface area contributed by atoms with Crippen LogP contribution in [0.3, 0.4) is 0 Å². The number of hydrogen-bond acceptors (Lipinski definition) is 2. The number of nitrogens with one attached hydrogen (secondary N) is 1. The molecule has 3 rings (SSSR count). The molecule has 1 heterocycles. The summed E-state index contributed by atoms with van der Waals surface area (Å²) >= 11 is 0. The number of carboxylic acids is 1. The Kier molecular flexibility index (Phi) is 4.59. The Hall–Kier alpha value is -1.35. The molecular weight excluding hydrogens is 262 g/mol. The predicted octanol–water partition coefficient (Wildman–Crippen LogP) is 3.47. The number of carbonyl (C=O) groups is 1. The van der Waals surface area contributed by atoms with E-state index in [0.717, 1.165) is 19.5 Å². The van der Waals surface area contributed by atoms with E-state index in [1.165, 1.54) is 48.8 Å². The fourth-order valence-corrected chi connectivity index (χ4v) is 4.01. The highest BCUT2D eigenvalue weighted by Gasteiger charge is 2.27. The number of rotatable bonds is 4. The van der Waals surface area contributed by atoms with Gasteiger partial charge in [0.05, 0.1) is 6.42 Å².